The molecule has 1 aliphatic carbocycles. The zero-order chi connectivity index (χ0) is 16.8. The molecule has 6 heteroatoms. The monoisotopic (exact) mass is 450 g/mol. The van der Waals surface area contributed by atoms with Crippen molar-refractivity contribution in [1.82, 2.24) is 15.5 Å². The van der Waals surface area contributed by atoms with Crippen molar-refractivity contribution in [3.05, 3.63) is 0 Å². The molecule has 5 nitrogen and oxygen atoms in total. The number of hydrogen-bond acceptors (Lipinski definition) is 2. The van der Waals surface area contributed by atoms with Gasteiger partial charge in [0.25, 0.3) is 0 Å². The Morgan fingerprint density at radius 2 is 1.92 bits per heavy atom. The van der Waals surface area contributed by atoms with Crippen LogP contribution in [0.5, 0.6) is 0 Å². The highest BCUT2D eigenvalue weighted by Gasteiger charge is 2.25. The van der Waals surface area contributed by atoms with Crippen molar-refractivity contribution in [3.8, 4) is 0 Å². The zero-order valence-corrected chi connectivity index (χ0v) is 18.0. The van der Waals surface area contributed by atoms with Gasteiger partial charge in [0.15, 0.2) is 5.96 Å². The molecule has 2 N–H and O–H groups in total. The fourth-order valence-electron chi connectivity index (χ4n) is 3.82. The van der Waals surface area contributed by atoms with Crippen LogP contribution in [0.1, 0.15) is 52.4 Å². The average Bonchev–Trinajstić information content (AvgIpc) is 2.55. The summed E-state index contributed by atoms with van der Waals surface area (Å²) in [5, 5.41) is 6.96. The van der Waals surface area contributed by atoms with Crippen LogP contribution in [0.15, 0.2) is 4.99 Å². The molecule has 140 valence electrons. The molecule has 2 aliphatic rings. The van der Waals surface area contributed by atoms with Crippen LogP contribution in [0.2, 0.25) is 0 Å². The Morgan fingerprint density at radius 1 is 1.25 bits per heavy atom. The highest BCUT2D eigenvalue weighted by molar-refractivity contribution is 14.0. The summed E-state index contributed by atoms with van der Waals surface area (Å²) < 4.78 is 0. The number of carbonyl (C=O) groups is 1. The molecule has 0 bridgehead atoms. The third-order valence-electron chi connectivity index (χ3n) is 5.58. The van der Waals surface area contributed by atoms with Gasteiger partial charge in [-0.15, -0.1) is 24.0 Å². The Kier molecular flexibility index (Phi) is 9.37. The van der Waals surface area contributed by atoms with Gasteiger partial charge in [-0.1, -0.05) is 13.8 Å². The largest absolute Gasteiger partial charge is 0.356 e. The summed E-state index contributed by atoms with van der Waals surface area (Å²) in [4.78, 5) is 17.7. The van der Waals surface area contributed by atoms with E-state index in [-0.39, 0.29) is 29.9 Å². The molecule has 2 fully saturated rings. The Balaban J connectivity index is 0.00000288. The van der Waals surface area contributed by atoms with Crippen molar-refractivity contribution in [3.63, 3.8) is 0 Å². The van der Waals surface area contributed by atoms with E-state index in [1.807, 2.05) is 19.0 Å². The molecule has 0 aromatic carbocycles. The SMILES string of the molecule is CN=C(NCC1CCC(C(C)C)CC1)NC1CCC(=O)N(C)C1.I. The van der Waals surface area contributed by atoms with Gasteiger partial charge in [-0.05, 0) is 49.9 Å². The first-order chi connectivity index (χ1) is 11.0. The number of hydrogen-bond donors (Lipinski definition) is 2. The minimum absolute atomic E-state index is 0. The lowest BCUT2D eigenvalue weighted by molar-refractivity contribution is -0.132. The molecule has 24 heavy (non-hydrogen) atoms. The summed E-state index contributed by atoms with van der Waals surface area (Å²) in [6, 6.07) is 0.306. The number of guanidine groups is 1. The van der Waals surface area contributed by atoms with Gasteiger partial charge in [-0.2, -0.15) is 0 Å². The van der Waals surface area contributed by atoms with E-state index in [1.54, 1.807) is 0 Å². The van der Waals surface area contributed by atoms with Gasteiger partial charge < -0.3 is 15.5 Å². The number of halogens is 1. The van der Waals surface area contributed by atoms with Crippen LogP contribution in [0, 0.1) is 17.8 Å². The number of amides is 1. The number of rotatable bonds is 4. The van der Waals surface area contributed by atoms with Crippen LogP contribution in [0.3, 0.4) is 0 Å². The molecule has 0 aromatic rings. The minimum Gasteiger partial charge on any atom is -0.356 e. The summed E-state index contributed by atoms with van der Waals surface area (Å²) >= 11 is 0. The van der Waals surface area contributed by atoms with Gasteiger partial charge in [0.2, 0.25) is 5.91 Å². The van der Waals surface area contributed by atoms with Crippen LogP contribution in [0.4, 0.5) is 0 Å². The second-order valence-corrected chi connectivity index (χ2v) is 7.63. The number of piperidine rings is 1. The van der Waals surface area contributed by atoms with Crippen LogP contribution >= 0.6 is 24.0 Å². The zero-order valence-electron chi connectivity index (χ0n) is 15.7. The van der Waals surface area contributed by atoms with Crippen LogP contribution < -0.4 is 10.6 Å². The summed E-state index contributed by atoms with van der Waals surface area (Å²) in [6.07, 6.45) is 6.91. The molecule has 0 spiro atoms. The van der Waals surface area contributed by atoms with Gasteiger partial charge in [-0.3, -0.25) is 9.79 Å². The maximum Gasteiger partial charge on any atom is 0.222 e. The highest BCUT2D eigenvalue weighted by Crippen LogP contribution is 2.32. The fraction of sp³-hybridized carbons (Fsp3) is 0.889. The van der Waals surface area contributed by atoms with E-state index >= 15 is 0 Å². The molecular formula is C18H35IN4O. The summed E-state index contributed by atoms with van der Waals surface area (Å²) in [7, 11) is 3.70. The molecule has 1 amide bonds. The summed E-state index contributed by atoms with van der Waals surface area (Å²) in [5.41, 5.74) is 0. The number of nitrogens with one attached hydrogen (secondary N) is 2. The quantitative estimate of drug-likeness (QED) is 0.394. The fourth-order valence-corrected chi connectivity index (χ4v) is 3.82. The first-order valence-corrected chi connectivity index (χ1v) is 9.20. The molecule has 0 radical (unpaired) electrons. The normalized spacial score (nSPS) is 28.5. The second kappa shape index (κ2) is 10.5. The standard InChI is InChI=1S/C18H34N4O.HI/c1-13(2)15-7-5-14(6-8-15)11-20-18(19-3)21-16-9-10-17(23)22(4)12-16;/h13-16H,5-12H2,1-4H3,(H2,19,20,21);1H. The van der Waals surface area contributed by atoms with Crippen molar-refractivity contribution < 1.29 is 4.79 Å². The van der Waals surface area contributed by atoms with Gasteiger partial charge in [-0.25, -0.2) is 0 Å². The van der Waals surface area contributed by atoms with Crippen LogP contribution in [-0.4, -0.2) is 50.0 Å². The highest BCUT2D eigenvalue weighted by atomic mass is 127. The number of nitrogens with zero attached hydrogens (tertiary/aromatic N) is 2. The van der Waals surface area contributed by atoms with Crippen molar-refractivity contribution in [2.24, 2.45) is 22.7 Å². The third-order valence-corrected chi connectivity index (χ3v) is 5.58. The molecule has 0 aromatic heterocycles. The topological polar surface area (TPSA) is 56.7 Å². The van der Waals surface area contributed by atoms with Crippen LogP contribution in [-0.2, 0) is 4.79 Å². The Bertz CT molecular complexity index is 419. The Morgan fingerprint density at radius 3 is 2.46 bits per heavy atom. The molecule has 1 atom stereocenters. The number of carbonyl (C=O) groups excluding carboxylic acids is 1. The van der Waals surface area contributed by atoms with Crippen molar-refractivity contribution in [2.75, 3.05) is 27.2 Å². The van der Waals surface area contributed by atoms with Gasteiger partial charge in [0.05, 0.1) is 0 Å². The van der Waals surface area contributed by atoms with Gasteiger partial charge in [0, 0.05) is 39.6 Å². The number of likely N-dealkylation sites (tertiary alicyclic amines) is 1. The first-order valence-electron chi connectivity index (χ1n) is 9.20. The summed E-state index contributed by atoms with van der Waals surface area (Å²) in [5.74, 6) is 3.62. The van der Waals surface area contributed by atoms with E-state index in [4.69, 9.17) is 0 Å². The predicted molar refractivity (Wildman–Crippen MR) is 111 cm³/mol. The Hall–Kier alpha value is -0.530. The van der Waals surface area contributed by atoms with Gasteiger partial charge in [0.1, 0.15) is 0 Å². The molecule has 2 rings (SSSR count). The maximum atomic E-state index is 11.6. The molecule has 1 saturated heterocycles. The Labute approximate surface area is 164 Å². The molecule has 1 aliphatic heterocycles. The molecular weight excluding hydrogens is 415 g/mol. The maximum absolute atomic E-state index is 11.6. The molecule has 1 heterocycles. The third kappa shape index (κ3) is 6.41. The molecule has 1 unspecified atom stereocenters. The summed E-state index contributed by atoms with van der Waals surface area (Å²) in [6.45, 7) is 6.47. The molecule has 1 saturated carbocycles. The lowest BCUT2D eigenvalue weighted by atomic mass is 9.77. The smallest absolute Gasteiger partial charge is 0.222 e. The van der Waals surface area contributed by atoms with Crippen molar-refractivity contribution in [1.29, 1.82) is 0 Å². The lowest BCUT2D eigenvalue weighted by Crippen LogP contribution is -2.52. The van der Waals surface area contributed by atoms with Crippen LogP contribution in [0.25, 0.3) is 0 Å². The van der Waals surface area contributed by atoms with E-state index in [9.17, 15) is 4.79 Å². The lowest BCUT2D eigenvalue weighted by Gasteiger charge is -2.33. The second-order valence-electron chi connectivity index (χ2n) is 7.63. The van der Waals surface area contributed by atoms with E-state index in [1.165, 1.54) is 25.7 Å². The van der Waals surface area contributed by atoms with Gasteiger partial charge >= 0.3 is 0 Å². The van der Waals surface area contributed by atoms with E-state index in [0.717, 1.165) is 43.2 Å². The average molecular weight is 450 g/mol. The van der Waals surface area contributed by atoms with Crippen molar-refractivity contribution in [2.45, 2.75) is 58.4 Å². The van der Waals surface area contributed by atoms with E-state index < -0.39 is 0 Å². The predicted octanol–water partition coefficient (Wildman–Crippen LogP) is 2.85. The van der Waals surface area contributed by atoms with Crippen molar-refractivity contribution >= 4 is 35.8 Å². The van der Waals surface area contributed by atoms with E-state index in [2.05, 4.69) is 29.5 Å². The number of likely N-dealkylation sites (N-methyl/N-ethyl adjacent to an activating group) is 1. The van der Waals surface area contributed by atoms with E-state index in [0.29, 0.717) is 12.5 Å². The first kappa shape index (κ1) is 21.5. The minimum atomic E-state index is 0. The number of aliphatic imine (C=N–C) groups is 1.